The number of aromatic nitrogens is 1. The Hall–Kier alpha value is -2.83. The molecular formula is C21H25N3O4. The van der Waals surface area contributed by atoms with Crippen molar-refractivity contribution in [2.45, 2.75) is 32.7 Å². The highest BCUT2D eigenvalue weighted by molar-refractivity contribution is 5.87. The van der Waals surface area contributed by atoms with Crippen molar-refractivity contribution in [3.05, 3.63) is 47.9 Å². The highest BCUT2D eigenvalue weighted by atomic mass is 16.5. The monoisotopic (exact) mass is 383 g/mol. The quantitative estimate of drug-likeness (QED) is 0.739. The summed E-state index contributed by atoms with van der Waals surface area (Å²) < 4.78 is 10.4. The first-order valence-electron chi connectivity index (χ1n) is 9.78. The van der Waals surface area contributed by atoms with E-state index in [2.05, 4.69) is 17.1 Å². The number of amides is 1. The molecule has 0 aliphatic carbocycles. The molecule has 2 fully saturated rings. The average Bonchev–Trinajstić information content (AvgIpc) is 3.29. The second kappa shape index (κ2) is 7.66. The third-order valence-electron chi connectivity index (χ3n) is 5.69. The molecule has 7 heteroatoms. The van der Waals surface area contributed by atoms with E-state index in [9.17, 15) is 9.59 Å². The highest BCUT2D eigenvalue weighted by Crippen LogP contribution is 2.42. The fourth-order valence-corrected chi connectivity index (χ4v) is 4.14. The Kier molecular flexibility index (Phi) is 5.07. The van der Waals surface area contributed by atoms with Crippen molar-refractivity contribution in [1.29, 1.82) is 0 Å². The number of hydrogen-bond acceptors (Lipinski definition) is 6. The van der Waals surface area contributed by atoms with Gasteiger partial charge in [0.05, 0.1) is 6.61 Å². The van der Waals surface area contributed by atoms with Gasteiger partial charge >= 0.3 is 5.97 Å². The van der Waals surface area contributed by atoms with Crippen molar-refractivity contribution < 1.29 is 18.7 Å². The van der Waals surface area contributed by atoms with Crippen LogP contribution in [0.2, 0.25) is 0 Å². The lowest BCUT2D eigenvalue weighted by Gasteiger charge is -2.38. The predicted molar refractivity (Wildman–Crippen MR) is 103 cm³/mol. The normalized spacial score (nSPS) is 18.7. The summed E-state index contributed by atoms with van der Waals surface area (Å²) in [5.41, 5.74) is 1.39. The van der Waals surface area contributed by atoms with E-state index in [1.807, 2.05) is 28.0 Å². The van der Waals surface area contributed by atoms with E-state index in [1.165, 1.54) is 6.26 Å². The van der Waals surface area contributed by atoms with Crippen LogP contribution in [-0.2, 0) is 16.1 Å². The van der Waals surface area contributed by atoms with Crippen molar-refractivity contribution in [3.8, 4) is 0 Å². The first kappa shape index (κ1) is 18.5. The van der Waals surface area contributed by atoms with Crippen LogP contribution in [0, 0.1) is 5.41 Å². The number of nitrogens with zero attached hydrogens (tertiary/aromatic N) is 3. The maximum absolute atomic E-state index is 12.6. The first-order chi connectivity index (χ1) is 13.6. The average molecular weight is 383 g/mol. The number of rotatable bonds is 5. The van der Waals surface area contributed by atoms with Gasteiger partial charge < -0.3 is 19.0 Å². The van der Waals surface area contributed by atoms with Gasteiger partial charge in [-0.2, -0.15) is 4.98 Å². The molecule has 4 rings (SSSR count). The maximum Gasteiger partial charge on any atom is 0.360 e. The molecule has 0 saturated carbocycles. The number of carbonyl (C=O) groups excluding carboxylic acids is 2. The molecule has 0 radical (unpaired) electrons. The van der Waals surface area contributed by atoms with Gasteiger partial charge in [0, 0.05) is 38.0 Å². The molecule has 1 amide bonds. The van der Waals surface area contributed by atoms with Crippen LogP contribution in [0.15, 0.2) is 41.0 Å². The SMILES string of the molecule is CCOC(=O)c1coc(N2CCC3(CC2)CC(=O)N(Cc2ccccc2)C3)n1. The van der Waals surface area contributed by atoms with E-state index in [0.29, 0.717) is 25.6 Å². The number of benzene rings is 1. The number of hydrogen-bond donors (Lipinski definition) is 0. The third kappa shape index (κ3) is 3.74. The van der Waals surface area contributed by atoms with Gasteiger partial charge in [-0.05, 0) is 25.3 Å². The van der Waals surface area contributed by atoms with Gasteiger partial charge in [-0.15, -0.1) is 0 Å². The summed E-state index contributed by atoms with van der Waals surface area (Å²) in [6, 6.07) is 10.6. The van der Waals surface area contributed by atoms with E-state index in [4.69, 9.17) is 9.15 Å². The van der Waals surface area contributed by atoms with Gasteiger partial charge in [-0.25, -0.2) is 4.79 Å². The molecule has 148 valence electrons. The molecule has 2 aliphatic rings. The Morgan fingerprint density at radius 3 is 2.71 bits per heavy atom. The van der Waals surface area contributed by atoms with Gasteiger partial charge in [0.15, 0.2) is 5.69 Å². The van der Waals surface area contributed by atoms with Gasteiger partial charge in [-0.1, -0.05) is 30.3 Å². The highest BCUT2D eigenvalue weighted by Gasteiger charge is 2.45. The number of anilines is 1. The zero-order valence-corrected chi connectivity index (χ0v) is 16.1. The minimum Gasteiger partial charge on any atom is -0.461 e. The lowest BCUT2D eigenvalue weighted by molar-refractivity contribution is -0.128. The molecule has 2 aliphatic heterocycles. The molecule has 0 N–H and O–H groups in total. The van der Waals surface area contributed by atoms with Crippen molar-refractivity contribution in [1.82, 2.24) is 9.88 Å². The molecule has 28 heavy (non-hydrogen) atoms. The lowest BCUT2D eigenvalue weighted by Crippen LogP contribution is -2.41. The second-order valence-electron chi connectivity index (χ2n) is 7.64. The van der Waals surface area contributed by atoms with Crippen LogP contribution in [0.5, 0.6) is 0 Å². The van der Waals surface area contributed by atoms with E-state index in [0.717, 1.165) is 38.0 Å². The zero-order chi connectivity index (χ0) is 19.6. The number of ether oxygens (including phenoxy) is 1. The number of likely N-dealkylation sites (tertiary alicyclic amines) is 1. The molecule has 1 spiro atoms. The van der Waals surface area contributed by atoms with Crippen LogP contribution in [-0.4, -0.2) is 48.0 Å². The smallest absolute Gasteiger partial charge is 0.360 e. The molecule has 2 saturated heterocycles. The largest absolute Gasteiger partial charge is 0.461 e. The lowest BCUT2D eigenvalue weighted by atomic mass is 9.78. The molecule has 0 unspecified atom stereocenters. The fraction of sp³-hybridized carbons (Fsp3) is 0.476. The topological polar surface area (TPSA) is 75.9 Å². The van der Waals surface area contributed by atoms with E-state index >= 15 is 0 Å². The maximum atomic E-state index is 12.6. The summed E-state index contributed by atoms with van der Waals surface area (Å²) >= 11 is 0. The Labute approximate surface area is 164 Å². The number of oxazole rings is 1. The molecule has 1 aromatic heterocycles. The van der Waals surface area contributed by atoms with E-state index in [1.54, 1.807) is 6.92 Å². The second-order valence-corrected chi connectivity index (χ2v) is 7.64. The standard InChI is InChI=1S/C21H25N3O4/c1-2-27-19(26)17-14-28-20(22-17)23-10-8-21(9-11-23)12-18(25)24(15-21)13-16-6-4-3-5-7-16/h3-7,14H,2,8-13,15H2,1H3. The Bertz CT molecular complexity index is 840. The van der Waals surface area contributed by atoms with E-state index in [-0.39, 0.29) is 17.0 Å². The Morgan fingerprint density at radius 1 is 1.25 bits per heavy atom. The molecule has 2 aromatic rings. The fourth-order valence-electron chi connectivity index (χ4n) is 4.14. The van der Waals surface area contributed by atoms with Crippen LogP contribution in [0.4, 0.5) is 6.01 Å². The third-order valence-corrected chi connectivity index (χ3v) is 5.69. The minimum absolute atomic E-state index is 0.0267. The number of esters is 1. The van der Waals surface area contributed by atoms with Crippen molar-refractivity contribution in [2.24, 2.45) is 5.41 Å². The van der Waals surface area contributed by atoms with Crippen molar-refractivity contribution in [2.75, 3.05) is 31.1 Å². The first-order valence-corrected chi connectivity index (χ1v) is 9.78. The summed E-state index contributed by atoms with van der Waals surface area (Å²) in [5, 5.41) is 0. The Morgan fingerprint density at radius 2 is 2.00 bits per heavy atom. The number of piperidine rings is 1. The summed E-state index contributed by atoms with van der Waals surface area (Å²) in [5.74, 6) is -0.234. The van der Waals surface area contributed by atoms with Gasteiger partial charge in [0.2, 0.25) is 5.91 Å². The summed E-state index contributed by atoms with van der Waals surface area (Å²) in [6.07, 6.45) is 3.76. The van der Waals surface area contributed by atoms with Gasteiger partial charge in [0.25, 0.3) is 6.01 Å². The molecular weight excluding hydrogens is 358 g/mol. The molecule has 7 nitrogen and oxygen atoms in total. The van der Waals surface area contributed by atoms with Crippen LogP contribution in [0.3, 0.4) is 0 Å². The summed E-state index contributed by atoms with van der Waals surface area (Å²) in [7, 11) is 0. The number of carbonyl (C=O) groups is 2. The predicted octanol–water partition coefficient (Wildman–Crippen LogP) is 2.87. The van der Waals surface area contributed by atoms with Gasteiger partial charge in [-0.3, -0.25) is 4.79 Å². The van der Waals surface area contributed by atoms with Crippen LogP contribution < -0.4 is 4.90 Å². The van der Waals surface area contributed by atoms with Crippen molar-refractivity contribution >= 4 is 17.9 Å². The van der Waals surface area contributed by atoms with E-state index < -0.39 is 5.97 Å². The minimum atomic E-state index is -0.469. The molecule has 3 heterocycles. The molecule has 0 bridgehead atoms. The zero-order valence-electron chi connectivity index (χ0n) is 16.1. The van der Waals surface area contributed by atoms with Crippen LogP contribution >= 0.6 is 0 Å². The molecule has 0 atom stereocenters. The summed E-state index contributed by atoms with van der Waals surface area (Å²) in [4.78, 5) is 32.6. The van der Waals surface area contributed by atoms with Crippen LogP contribution in [0.25, 0.3) is 0 Å². The summed E-state index contributed by atoms with van der Waals surface area (Å²) in [6.45, 7) is 5.06. The molecule has 1 aromatic carbocycles. The van der Waals surface area contributed by atoms with Crippen molar-refractivity contribution in [3.63, 3.8) is 0 Å². The van der Waals surface area contributed by atoms with Gasteiger partial charge in [0.1, 0.15) is 6.26 Å². The van der Waals surface area contributed by atoms with Crippen LogP contribution in [0.1, 0.15) is 42.2 Å². The Balaban J connectivity index is 1.36.